The Labute approximate surface area is 181 Å². The maximum absolute atomic E-state index is 12.8. The van der Waals surface area contributed by atoms with E-state index in [1.54, 1.807) is 12.3 Å². The fourth-order valence-electron chi connectivity index (χ4n) is 3.77. The number of carboxylic acid groups (broad SMARTS) is 1. The molecule has 174 valence electrons. The minimum Gasteiger partial charge on any atom is -0.477 e. The molecule has 4 rings (SSSR count). The Kier molecular flexibility index (Phi) is 7.39. The van der Waals surface area contributed by atoms with Crippen LogP contribution in [0.4, 0.5) is 13.2 Å². The van der Waals surface area contributed by atoms with Crippen molar-refractivity contribution in [3.8, 4) is 5.88 Å². The lowest BCUT2D eigenvalue weighted by Gasteiger charge is -2.37. The minimum absolute atomic E-state index is 0.0438. The molecule has 0 bridgehead atoms. The maximum atomic E-state index is 12.8. The molecular weight excluding hydrogens is 433 g/mol. The summed E-state index contributed by atoms with van der Waals surface area (Å²) in [7, 11) is 0. The largest absolute Gasteiger partial charge is 0.490 e. The molecule has 32 heavy (non-hydrogen) atoms. The summed E-state index contributed by atoms with van der Waals surface area (Å²) >= 11 is 0. The molecule has 3 atom stereocenters. The van der Waals surface area contributed by atoms with Crippen LogP contribution in [-0.2, 0) is 9.53 Å². The molecule has 1 saturated carbocycles. The molecule has 2 aromatic rings. The van der Waals surface area contributed by atoms with Crippen LogP contribution in [0.2, 0.25) is 0 Å². The zero-order chi connectivity index (χ0) is 23.3. The van der Waals surface area contributed by atoms with Crippen molar-refractivity contribution in [2.75, 3.05) is 19.8 Å². The highest BCUT2D eigenvalue weighted by molar-refractivity contribution is 5.92. The van der Waals surface area contributed by atoms with Crippen LogP contribution in [0, 0.1) is 12.8 Å². The quantitative estimate of drug-likeness (QED) is 0.753. The van der Waals surface area contributed by atoms with Crippen LogP contribution in [0.1, 0.15) is 29.2 Å². The summed E-state index contributed by atoms with van der Waals surface area (Å²) in [6.45, 7) is 3.61. The molecule has 1 saturated heterocycles. The molecule has 2 fully saturated rings. The fraction of sp³-hybridized carbons (Fsp3) is 0.476. The van der Waals surface area contributed by atoms with Gasteiger partial charge in [0, 0.05) is 18.8 Å². The number of alkyl halides is 3. The van der Waals surface area contributed by atoms with Crippen molar-refractivity contribution in [1.29, 1.82) is 0 Å². The molecule has 1 amide bonds. The monoisotopic (exact) mass is 456 g/mol. The highest BCUT2D eigenvalue weighted by Crippen LogP contribution is 2.35. The van der Waals surface area contributed by atoms with Crippen molar-refractivity contribution in [2.45, 2.75) is 38.1 Å². The molecule has 1 aliphatic heterocycles. The number of furan rings is 1. The number of pyridine rings is 1. The van der Waals surface area contributed by atoms with Crippen molar-refractivity contribution in [2.24, 2.45) is 5.92 Å². The normalized spacial score (nSPS) is 22.5. The van der Waals surface area contributed by atoms with Crippen LogP contribution in [0.3, 0.4) is 0 Å². The maximum Gasteiger partial charge on any atom is 0.490 e. The number of hydrogen-bond donors (Lipinski definition) is 1. The number of carbonyl (C=O) groups is 2. The van der Waals surface area contributed by atoms with E-state index in [9.17, 15) is 18.0 Å². The molecule has 3 heterocycles. The van der Waals surface area contributed by atoms with E-state index in [1.165, 1.54) is 0 Å². The molecular formula is C21H23F3N2O6. The van der Waals surface area contributed by atoms with Crippen LogP contribution >= 0.6 is 0 Å². The number of amides is 1. The molecule has 11 heteroatoms. The first-order chi connectivity index (χ1) is 15.1. The molecule has 0 spiro atoms. The number of rotatable bonds is 4. The minimum atomic E-state index is -5.08. The van der Waals surface area contributed by atoms with Gasteiger partial charge in [-0.3, -0.25) is 4.79 Å². The second-order valence-electron chi connectivity index (χ2n) is 7.50. The third-order valence-electron chi connectivity index (χ3n) is 5.19. The Balaban J connectivity index is 0.000000360. The number of morpholine rings is 1. The average Bonchev–Trinajstić information content (AvgIpc) is 3.38. The van der Waals surface area contributed by atoms with Crippen molar-refractivity contribution >= 4 is 11.9 Å². The Bertz CT molecular complexity index is 918. The molecule has 1 N–H and O–H groups in total. The second-order valence-corrected chi connectivity index (χ2v) is 7.50. The highest BCUT2D eigenvalue weighted by Gasteiger charge is 2.43. The van der Waals surface area contributed by atoms with Gasteiger partial charge in [0.2, 0.25) is 5.88 Å². The number of aryl methyl sites for hydroxylation is 1. The summed E-state index contributed by atoms with van der Waals surface area (Å²) in [4.78, 5) is 27.8. The predicted octanol–water partition coefficient (Wildman–Crippen LogP) is 3.31. The summed E-state index contributed by atoms with van der Waals surface area (Å²) < 4.78 is 49.0. The van der Waals surface area contributed by atoms with Gasteiger partial charge in [-0.15, -0.1) is 0 Å². The lowest BCUT2D eigenvalue weighted by Crippen LogP contribution is -2.51. The summed E-state index contributed by atoms with van der Waals surface area (Å²) in [6.07, 6.45) is -1.51. The zero-order valence-corrected chi connectivity index (χ0v) is 17.2. The summed E-state index contributed by atoms with van der Waals surface area (Å²) in [5, 5.41) is 7.12. The van der Waals surface area contributed by atoms with Gasteiger partial charge in [-0.05, 0) is 43.9 Å². The van der Waals surface area contributed by atoms with Gasteiger partial charge >= 0.3 is 12.1 Å². The molecule has 1 unspecified atom stereocenters. The molecule has 2 aliphatic rings. The average molecular weight is 456 g/mol. The molecule has 8 nitrogen and oxygen atoms in total. The second kappa shape index (κ2) is 10.0. The molecule has 0 aromatic carbocycles. The number of ether oxygens (including phenoxy) is 2. The molecule has 0 radical (unpaired) electrons. The van der Waals surface area contributed by atoms with Crippen LogP contribution in [0.25, 0.3) is 0 Å². The van der Waals surface area contributed by atoms with Gasteiger partial charge in [-0.1, -0.05) is 6.07 Å². The van der Waals surface area contributed by atoms with E-state index in [-0.39, 0.29) is 18.1 Å². The Morgan fingerprint density at radius 3 is 2.59 bits per heavy atom. The van der Waals surface area contributed by atoms with E-state index < -0.39 is 12.1 Å². The van der Waals surface area contributed by atoms with E-state index in [0.29, 0.717) is 37.3 Å². The van der Waals surface area contributed by atoms with Crippen LogP contribution in [0.5, 0.6) is 5.88 Å². The lowest BCUT2D eigenvalue weighted by atomic mass is 10.1. The summed E-state index contributed by atoms with van der Waals surface area (Å²) in [5.74, 6) is -0.654. The van der Waals surface area contributed by atoms with E-state index in [1.807, 2.05) is 36.1 Å². The van der Waals surface area contributed by atoms with E-state index >= 15 is 0 Å². The van der Waals surface area contributed by atoms with Crippen molar-refractivity contribution in [1.82, 2.24) is 9.88 Å². The number of aromatic nitrogens is 1. The van der Waals surface area contributed by atoms with E-state index in [2.05, 4.69) is 4.98 Å². The number of fused-ring (bicyclic) bond motifs is 1. The summed E-state index contributed by atoms with van der Waals surface area (Å²) in [6, 6.07) is 9.29. The molecule has 2 aromatic heterocycles. The van der Waals surface area contributed by atoms with E-state index in [4.69, 9.17) is 23.8 Å². The van der Waals surface area contributed by atoms with Gasteiger partial charge in [0.05, 0.1) is 25.4 Å². The van der Waals surface area contributed by atoms with Gasteiger partial charge < -0.3 is 23.9 Å². The first-order valence-electron chi connectivity index (χ1n) is 9.98. The number of carboxylic acids is 1. The fourth-order valence-corrected chi connectivity index (χ4v) is 3.77. The number of aliphatic carboxylic acids is 1. The van der Waals surface area contributed by atoms with Gasteiger partial charge in [0.25, 0.3) is 5.91 Å². The van der Waals surface area contributed by atoms with Crippen molar-refractivity contribution < 1.29 is 41.8 Å². The third-order valence-corrected chi connectivity index (χ3v) is 5.19. The standard InChI is InChI=1S/C19H22N2O4.C2HF3O2/c1-13-5-6-16(25-13)19(22)21-8-9-23-17-11-14(10-15(17)21)12-24-18-4-2-3-7-20-18;3-2(4,5)1(6)7/h2-7,14-15,17H,8-12H2,1H3;(H,6,7)/t14?,15-,17-;/m0./s1. The van der Waals surface area contributed by atoms with E-state index in [0.717, 1.165) is 18.6 Å². The van der Waals surface area contributed by atoms with Crippen LogP contribution in [0.15, 0.2) is 40.9 Å². The molecule has 1 aliphatic carbocycles. The Morgan fingerprint density at radius 1 is 1.25 bits per heavy atom. The zero-order valence-electron chi connectivity index (χ0n) is 17.2. The van der Waals surface area contributed by atoms with Gasteiger partial charge in [0.1, 0.15) is 5.76 Å². The topological polar surface area (TPSA) is 102 Å². The highest BCUT2D eigenvalue weighted by atomic mass is 19.4. The number of halogens is 3. The third kappa shape index (κ3) is 6.00. The van der Waals surface area contributed by atoms with Crippen LogP contribution < -0.4 is 4.74 Å². The Hall–Kier alpha value is -3.08. The Morgan fingerprint density at radius 2 is 2.00 bits per heavy atom. The smallest absolute Gasteiger partial charge is 0.477 e. The number of carbonyl (C=O) groups excluding carboxylic acids is 1. The van der Waals surface area contributed by atoms with Gasteiger partial charge in [-0.2, -0.15) is 13.2 Å². The first kappa shape index (κ1) is 23.6. The van der Waals surface area contributed by atoms with Crippen molar-refractivity contribution in [3.05, 3.63) is 48.0 Å². The predicted molar refractivity (Wildman–Crippen MR) is 104 cm³/mol. The lowest BCUT2D eigenvalue weighted by molar-refractivity contribution is -0.192. The van der Waals surface area contributed by atoms with Crippen molar-refractivity contribution in [3.63, 3.8) is 0 Å². The van der Waals surface area contributed by atoms with Crippen LogP contribution in [-0.4, -0.2) is 64.9 Å². The first-order valence-corrected chi connectivity index (χ1v) is 9.98. The van der Waals surface area contributed by atoms with Gasteiger partial charge in [-0.25, -0.2) is 9.78 Å². The van der Waals surface area contributed by atoms with Gasteiger partial charge in [0.15, 0.2) is 5.76 Å². The summed E-state index contributed by atoms with van der Waals surface area (Å²) in [5.41, 5.74) is 0. The number of hydrogen-bond acceptors (Lipinski definition) is 6. The number of nitrogens with zero attached hydrogens (tertiary/aromatic N) is 2. The SMILES string of the molecule is Cc1ccc(C(=O)N2CCO[C@H]3CC(COc4ccccn4)C[C@@H]32)o1.O=C(O)C(F)(F)F.